The van der Waals surface area contributed by atoms with Crippen molar-refractivity contribution in [3.05, 3.63) is 54.1 Å². The predicted molar refractivity (Wildman–Crippen MR) is 119 cm³/mol. The average Bonchev–Trinajstić information content (AvgIpc) is 3.52. The van der Waals surface area contributed by atoms with Gasteiger partial charge in [0.05, 0.1) is 4.90 Å². The van der Waals surface area contributed by atoms with Gasteiger partial charge in [-0.05, 0) is 73.4 Å². The van der Waals surface area contributed by atoms with Gasteiger partial charge in [-0.2, -0.15) is 0 Å². The normalized spacial score (nSPS) is 18.5. The lowest BCUT2D eigenvalue weighted by atomic mass is 9.93. The molecule has 2 amide bonds. The predicted octanol–water partition coefficient (Wildman–Crippen LogP) is 3.28. The zero-order valence-corrected chi connectivity index (χ0v) is 18.7. The van der Waals surface area contributed by atoms with E-state index in [4.69, 9.17) is 0 Å². The lowest BCUT2D eigenvalue weighted by molar-refractivity contribution is -0.134. The molecular formula is C24H28N2O4S. The highest BCUT2D eigenvalue weighted by Gasteiger charge is 2.45. The largest absolute Gasteiger partial charge is 0.341 e. The first-order valence-electron chi connectivity index (χ1n) is 10.7. The summed E-state index contributed by atoms with van der Waals surface area (Å²) in [4.78, 5) is 27.5. The zero-order chi connectivity index (χ0) is 22.2. The molecule has 0 bridgehead atoms. The van der Waals surface area contributed by atoms with E-state index < -0.39 is 15.9 Å². The molecule has 1 spiro atoms. The Morgan fingerprint density at radius 1 is 0.968 bits per heavy atom. The highest BCUT2D eigenvalue weighted by atomic mass is 32.2. The third-order valence-corrected chi connectivity index (χ3v) is 7.66. The summed E-state index contributed by atoms with van der Waals surface area (Å²) in [6, 6.07) is 13.1. The van der Waals surface area contributed by atoms with Crippen LogP contribution >= 0.6 is 0 Å². The molecule has 0 radical (unpaired) electrons. The SMILES string of the molecule is C[C@H](NC(=O)c1ccc(-c2cccc(S(C)(=O)=O)c2)cc1)C(=O)N1CCC2(CC1)CC2. The van der Waals surface area contributed by atoms with Gasteiger partial charge < -0.3 is 10.2 Å². The Hall–Kier alpha value is -2.67. The molecule has 4 rings (SSSR count). The summed E-state index contributed by atoms with van der Waals surface area (Å²) >= 11 is 0. The first-order chi connectivity index (χ1) is 14.7. The fourth-order valence-electron chi connectivity index (χ4n) is 4.21. The van der Waals surface area contributed by atoms with Gasteiger partial charge in [-0.3, -0.25) is 9.59 Å². The van der Waals surface area contributed by atoms with Gasteiger partial charge in [-0.25, -0.2) is 8.42 Å². The zero-order valence-electron chi connectivity index (χ0n) is 17.9. The van der Waals surface area contributed by atoms with Gasteiger partial charge in [0.1, 0.15) is 6.04 Å². The van der Waals surface area contributed by atoms with E-state index in [1.165, 1.54) is 19.1 Å². The first kappa shape index (κ1) is 21.6. The highest BCUT2D eigenvalue weighted by molar-refractivity contribution is 7.90. The molecule has 1 saturated heterocycles. The maximum atomic E-state index is 12.7. The van der Waals surface area contributed by atoms with Gasteiger partial charge in [0.25, 0.3) is 5.91 Å². The van der Waals surface area contributed by atoms with Gasteiger partial charge >= 0.3 is 0 Å². The molecule has 1 saturated carbocycles. The minimum Gasteiger partial charge on any atom is -0.341 e. The number of nitrogens with zero attached hydrogens (tertiary/aromatic N) is 1. The monoisotopic (exact) mass is 440 g/mol. The van der Waals surface area contributed by atoms with Crippen LogP contribution in [-0.2, 0) is 14.6 Å². The number of rotatable bonds is 5. The lowest BCUT2D eigenvalue weighted by Crippen LogP contribution is -2.49. The Labute approximate surface area is 183 Å². The van der Waals surface area contributed by atoms with Gasteiger partial charge in [0.15, 0.2) is 9.84 Å². The van der Waals surface area contributed by atoms with E-state index in [0.29, 0.717) is 11.0 Å². The minimum absolute atomic E-state index is 0.0296. The number of benzene rings is 2. The van der Waals surface area contributed by atoms with E-state index in [-0.39, 0.29) is 16.7 Å². The number of hydrogen-bond donors (Lipinski definition) is 1. The topological polar surface area (TPSA) is 83.5 Å². The van der Waals surface area contributed by atoms with E-state index in [9.17, 15) is 18.0 Å². The molecule has 2 aromatic carbocycles. The smallest absolute Gasteiger partial charge is 0.251 e. The fourth-order valence-corrected chi connectivity index (χ4v) is 4.88. The number of piperidine rings is 1. The van der Waals surface area contributed by atoms with Crippen molar-refractivity contribution in [3.8, 4) is 11.1 Å². The molecule has 1 atom stereocenters. The summed E-state index contributed by atoms with van der Waals surface area (Å²) in [5.74, 6) is -0.328. The second-order valence-corrected chi connectivity index (χ2v) is 10.9. The number of carbonyl (C=O) groups excluding carboxylic acids is 2. The molecule has 2 aliphatic rings. The first-order valence-corrected chi connectivity index (χ1v) is 12.6. The lowest BCUT2D eigenvalue weighted by Gasteiger charge is -2.33. The molecule has 31 heavy (non-hydrogen) atoms. The number of amides is 2. The number of hydrogen-bond acceptors (Lipinski definition) is 4. The molecule has 0 unspecified atom stereocenters. The van der Waals surface area contributed by atoms with Crippen molar-refractivity contribution < 1.29 is 18.0 Å². The molecule has 7 heteroatoms. The molecule has 1 heterocycles. The summed E-state index contributed by atoms with van der Waals surface area (Å²) < 4.78 is 23.6. The van der Waals surface area contributed by atoms with Gasteiger partial charge in [0.2, 0.25) is 5.91 Å². The van der Waals surface area contributed by atoms with E-state index in [1.807, 2.05) is 11.0 Å². The van der Waals surface area contributed by atoms with Crippen LogP contribution in [0.1, 0.15) is 43.0 Å². The van der Waals surface area contributed by atoms with Gasteiger partial charge in [-0.15, -0.1) is 0 Å². The molecule has 1 aliphatic heterocycles. The molecule has 2 fully saturated rings. The number of nitrogens with one attached hydrogen (secondary N) is 1. The second-order valence-electron chi connectivity index (χ2n) is 8.90. The van der Waals surface area contributed by atoms with Crippen LogP contribution in [-0.4, -0.2) is 50.5 Å². The van der Waals surface area contributed by atoms with Crippen LogP contribution in [0.15, 0.2) is 53.4 Å². The summed E-state index contributed by atoms with van der Waals surface area (Å²) in [5.41, 5.74) is 2.54. The number of likely N-dealkylation sites (tertiary alicyclic amines) is 1. The van der Waals surface area contributed by atoms with Crippen LogP contribution in [0, 0.1) is 5.41 Å². The third-order valence-electron chi connectivity index (χ3n) is 6.55. The summed E-state index contributed by atoms with van der Waals surface area (Å²) in [6.07, 6.45) is 5.89. The van der Waals surface area contributed by atoms with Gasteiger partial charge in [-0.1, -0.05) is 24.3 Å². The van der Waals surface area contributed by atoms with Crippen molar-refractivity contribution in [2.45, 2.75) is 43.5 Å². The average molecular weight is 441 g/mol. The third kappa shape index (κ3) is 4.82. The van der Waals surface area contributed by atoms with Crippen LogP contribution in [0.25, 0.3) is 11.1 Å². The number of sulfone groups is 1. The van der Waals surface area contributed by atoms with Crippen LogP contribution in [0.4, 0.5) is 0 Å². The van der Waals surface area contributed by atoms with Gasteiger partial charge in [0, 0.05) is 24.9 Å². The van der Waals surface area contributed by atoms with Crippen LogP contribution in [0.2, 0.25) is 0 Å². The Kier molecular flexibility index (Phi) is 5.64. The van der Waals surface area contributed by atoms with Crippen molar-refractivity contribution in [2.24, 2.45) is 5.41 Å². The fraction of sp³-hybridized carbons (Fsp3) is 0.417. The Balaban J connectivity index is 1.38. The van der Waals surface area contributed by atoms with E-state index >= 15 is 0 Å². The van der Waals surface area contributed by atoms with Crippen molar-refractivity contribution in [1.29, 1.82) is 0 Å². The van der Waals surface area contributed by atoms with Crippen molar-refractivity contribution in [1.82, 2.24) is 10.2 Å². The molecule has 1 aliphatic carbocycles. The van der Waals surface area contributed by atoms with Crippen molar-refractivity contribution in [2.75, 3.05) is 19.3 Å². The Morgan fingerprint density at radius 2 is 1.61 bits per heavy atom. The maximum absolute atomic E-state index is 12.7. The maximum Gasteiger partial charge on any atom is 0.251 e. The minimum atomic E-state index is -3.29. The Morgan fingerprint density at radius 3 is 2.19 bits per heavy atom. The van der Waals surface area contributed by atoms with Crippen LogP contribution in [0.3, 0.4) is 0 Å². The van der Waals surface area contributed by atoms with E-state index in [0.717, 1.165) is 37.1 Å². The van der Waals surface area contributed by atoms with Crippen molar-refractivity contribution in [3.63, 3.8) is 0 Å². The summed E-state index contributed by atoms with van der Waals surface area (Å²) in [5, 5.41) is 2.81. The summed E-state index contributed by atoms with van der Waals surface area (Å²) in [7, 11) is -3.29. The molecular weight excluding hydrogens is 412 g/mol. The second kappa shape index (κ2) is 8.11. The molecule has 6 nitrogen and oxygen atoms in total. The molecule has 2 aromatic rings. The summed E-state index contributed by atoms with van der Waals surface area (Å²) in [6.45, 7) is 3.29. The van der Waals surface area contributed by atoms with Crippen LogP contribution in [0.5, 0.6) is 0 Å². The molecule has 0 aromatic heterocycles. The standard InChI is InChI=1S/C24H28N2O4S/c1-17(23(28)26-14-12-24(10-11-24)13-15-26)25-22(27)19-8-6-18(7-9-19)20-4-3-5-21(16-20)31(2,29)30/h3-9,16-17H,10-15H2,1-2H3,(H,25,27)/t17-/m0/s1. The molecule has 1 N–H and O–H groups in total. The number of carbonyl (C=O) groups is 2. The quantitative estimate of drug-likeness (QED) is 0.773. The van der Waals surface area contributed by atoms with Crippen molar-refractivity contribution >= 4 is 21.7 Å². The molecule has 164 valence electrons. The highest BCUT2D eigenvalue weighted by Crippen LogP contribution is 2.53. The Bertz CT molecular complexity index is 1090. The van der Waals surface area contributed by atoms with E-state index in [1.54, 1.807) is 49.4 Å². The van der Waals surface area contributed by atoms with E-state index in [2.05, 4.69) is 5.32 Å². The van der Waals surface area contributed by atoms with Crippen LogP contribution < -0.4 is 5.32 Å².